The first-order valence-corrected chi connectivity index (χ1v) is 9.90. The van der Waals surface area contributed by atoms with Crippen LogP contribution in [0.3, 0.4) is 0 Å². The third-order valence-corrected chi connectivity index (χ3v) is 4.96. The molecular formula is C10H19NO2S2Sn. The fourth-order valence-electron chi connectivity index (χ4n) is 0.893. The van der Waals surface area contributed by atoms with E-state index in [2.05, 4.69) is 38.3 Å². The Morgan fingerprint density at radius 3 is 2.00 bits per heavy atom. The van der Waals surface area contributed by atoms with Gasteiger partial charge < -0.3 is 0 Å². The predicted octanol–water partition coefficient (Wildman–Crippen LogP) is 2.57. The summed E-state index contributed by atoms with van der Waals surface area (Å²) in [5.74, 6) is 0. The molecule has 2 radical (unpaired) electrons. The van der Waals surface area contributed by atoms with E-state index >= 15 is 0 Å². The molecule has 6 heteroatoms. The zero-order chi connectivity index (χ0) is 13.2. The SMILES string of the molecule is C[CH2][Sn][CH2]CCCC(C)N.O=C=S.O=C=S. The summed E-state index contributed by atoms with van der Waals surface area (Å²) in [4.78, 5) is 17.0. The van der Waals surface area contributed by atoms with Crippen LogP contribution in [0.1, 0.15) is 33.1 Å². The Bertz CT molecular complexity index is 177. The summed E-state index contributed by atoms with van der Waals surface area (Å²) in [6, 6.07) is 0.423. The Morgan fingerprint density at radius 2 is 1.69 bits per heavy atom. The first kappa shape index (κ1) is 21.6. The normalized spacial score (nSPS) is 9.44. The molecule has 0 aromatic heterocycles. The second-order valence-electron chi connectivity index (χ2n) is 2.99. The van der Waals surface area contributed by atoms with E-state index in [1.165, 1.54) is 23.7 Å². The minimum atomic E-state index is 0.100. The van der Waals surface area contributed by atoms with Gasteiger partial charge in [0.05, 0.1) is 0 Å². The van der Waals surface area contributed by atoms with Crippen LogP contribution in [0.5, 0.6) is 0 Å². The first-order valence-electron chi connectivity index (χ1n) is 5.05. The molecule has 92 valence electrons. The smallest absolute Gasteiger partial charge is 0.202 e. The fraction of sp³-hybridized carbons (Fsp3) is 0.800. The Morgan fingerprint density at radius 1 is 1.25 bits per heavy atom. The Balaban J connectivity index is -0.000000235. The number of hydrogen-bond acceptors (Lipinski definition) is 5. The van der Waals surface area contributed by atoms with Gasteiger partial charge in [-0.2, -0.15) is 0 Å². The molecule has 0 aliphatic heterocycles. The van der Waals surface area contributed by atoms with Crippen molar-refractivity contribution in [1.29, 1.82) is 0 Å². The van der Waals surface area contributed by atoms with Crippen LogP contribution in [0, 0.1) is 0 Å². The number of rotatable bonds is 6. The molecule has 0 saturated heterocycles. The number of nitrogens with two attached hydrogens (primary N) is 1. The maximum absolute atomic E-state index is 8.50. The van der Waals surface area contributed by atoms with E-state index in [0.717, 1.165) is 10.5 Å². The van der Waals surface area contributed by atoms with E-state index in [9.17, 15) is 0 Å². The van der Waals surface area contributed by atoms with Crippen molar-refractivity contribution >= 4 is 56.0 Å². The van der Waals surface area contributed by atoms with Gasteiger partial charge in [-0.3, -0.25) is 0 Å². The van der Waals surface area contributed by atoms with E-state index in [0.29, 0.717) is 6.04 Å². The molecule has 0 amide bonds. The summed E-state index contributed by atoms with van der Waals surface area (Å²) in [5, 5.41) is 2.17. The summed E-state index contributed by atoms with van der Waals surface area (Å²) in [6.07, 6.45) is 4.03. The predicted molar refractivity (Wildman–Crippen MR) is 75.1 cm³/mol. The third-order valence-electron chi connectivity index (χ3n) is 1.51. The summed E-state index contributed by atoms with van der Waals surface area (Å²) < 4.78 is 3.06. The third kappa shape index (κ3) is 47.3. The number of thiocarbonyl (C=S) groups is 2. The van der Waals surface area contributed by atoms with Crippen molar-refractivity contribution in [1.82, 2.24) is 0 Å². The fourth-order valence-corrected chi connectivity index (χ4v) is 3.33. The van der Waals surface area contributed by atoms with Gasteiger partial charge in [-0.1, -0.05) is 0 Å². The zero-order valence-corrected chi connectivity index (χ0v) is 14.3. The topological polar surface area (TPSA) is 60.2 Å². The summed E-state index contributed by atoms with van der Waals surface area (Å²) in [7, 11) is 0. The van der Waals surface area contributed by atoms with Gasteiger partial charge in [-0.15, -0.1) is 0 Å². The van der Waals surface area contributed by atoms with Crippen LogP contribution in [0.25, 0.3) is 0 Å². The standard InChI is InChI=1S/C6H14N.C2H5.2COS.Sn/c1-3-4-5-6(2)7;1-2;2*2-1-3;/h6H,1,3-5,7H2,2H3;1H2,2H3;;;. The Kier molecular flexibility index (Phi) is 33.2. The molecule has 0 bridgehead atoms. The molecule has 0 aromatic rings. The molecule has 2 N–H and O–H groups in total. The molecule has 1 atom stereocenters. The van der Waals surface area contributed by atoms with Crippen molar-refractivity contribution in [2.24, 2.45) is 5.73 Å². The summed E-state index contributed by atoms with van der Waals surface area (Å²) >= 11 is 7.28. The monoisotopic (exact) mass is 369 g/mol. The van der Waals surface area contributed by atoms with Crippen LogP contribution in [0.2, 0.25) is 8.87 Å². The van der Waals surface area contributed by atoms with Crippen LogP contribution in [0.15, 0.2) is 0 Å². The second-order valence-corrected chi connectivity index (χ2v) is 8.20. The van der Waals surface area contributed by atoms with Crippen LogP contribution in [-0.2, 0) is 9.59 Å². The first-order chi connectivity index (χ1) is 7.60. The van der Waals surface area contributed by atoms with E-state index in [1.54, 1.807) is 4.44 Å². The molecule has 0 aliphatic carbocycles. The molecule has 0 saturated carbocycles. The average Bonchev–Trinajstić information content (AvgIpc) is 2.19. The second kappa shape index (κ2) is 24.5. The van der Waals surface area contributed by atoms with Crippen LogP contribution in [-0.4, -0.2) is 37.6 Å². The average molecular weight is 368 g/mol. The van der Waals surface area contributed by atoms with Crippen molar-refractivity contribution in [3.8, 4) is 0 Å². The van der Waals surface area contributed by atoms with Crippen LogP contribution in [0.4, 0.5) is 0 Å². The van der Waals surface area contributed by atoms with Gasteiger partial charge in [0.1, 0.15) is 0 Å². The van der Waals surface area contributed by atoms with E-state index in [1.807, 2.05) is 0 Å². The molecular weight excluding hydrogens is 349 g/mol. The van der Waals surface area contributed by atoms with Crippen molar-refractivity contribution in [3.63, 3.8) is 0 Å². The van der Waals surface area contributed by atoms with Gasteiger partial charge in [0.2, 0.25) is 10.5 Å². The largest absolute Gasteiger partial charge is 0.220 e. The molecule has 0 spiro atoms. The number of carbonyl (C=O) groups excluding carboxylic acids is 2. The van der Waals surface area contributed by atoms with E-state index in [-0.39, 0.29) is 21.1 Å². The summed E-state index contributed by atoms with van der Waals surface area (Å²) in [6.45, 7) is 4.41. The molecule has 0 heterocycles. The van der Waals surface area contributed by atoms with Gasteiger partial charge >= 0.3 is 74.9 Å². The molecule has 0 aromatic carbocycles. The van der Waals surface area contributed by atoms with Gasteiger partial charge in [0, 0.05) is 24.4 Å². The van der Waals surface area contributed by atoms with E-state index < -0.39 is 0 Å². The maximum Gasteiger partial charge on any atom is 0.202 e. The molecule has 0 aliphatic rings. The van der Waals surface area contributed by atoms with E-state index in [4.69, 9.17) is 15.3 Å². The minimum absolute atomic E-state index is 0.100. The van der Waals surface area contributed by atoms with Gasteiger partial charge in [-0.25, -0.2) is 9.59 Å². The molecule has 1 unspecified atom stereocenters. The molecule has 3 nitrogen and oxygen atoms in total. The van der Waals surface area contributed by atoms with Gasteiger partial charge in [0.15, 0.2) is 0 Å². The van der Waals surface area contributed by atoms with Crippen LogP contribution < -0.4 is 5.73 Å². The van der Waals surface area contributed by atoms with Gasteiger partial charge in [0.25, 0.3) is 0 Å². The summed E-state index contributed by atoms with van der Waals surface area (Å²) in [5.41, 5.74) is 5.62. The quantitative estimate of drug-likeness (QED) is 0.444. The Hall–Kier alpha value is 0.359. The van der Waals surface area contributed by atoms with Crippen molar-refractivity contribution in [2.75, 3.05) is 0 Å². The van der Waals surface area contributed by atoms with Crippen molar-refractivity contribution in [2.45, 2.75) is 48.0 Å². The van der Waals surface area contributed by atoms with Gasteiger partial charge in [-0.05, 0) is 0 Å². The molecule has 16 heavy (non-hydrogen) atoms. The number of unbranched alkanes of at least 4 members (excludes halogenated alkanes) is 1. The van der Waals surface area contributed by atoms with Crippen LogP contribution >= 0.6 is 24.4 Å². The maximum atomic E-state index is 8.50. The van der Waals surface area contributed by atoms with Crippen molar-refractivity contribution in [3.05, 3.63) is 0 Å². The minimum Gasteiger partial charge on any atom is -0.220 e. The Labute approximate surface area is 119 Å². The number of hydrogen-bond donors (Lipinski definition) is 1. The zero-order valence-electron chi connectivity index (χ0n) is 9.82. The molecule has 0 fully saturated rings. The molecule has 0 rings (SSSR count). The van der Waals surface area contributed by atoms with Crippen molar-refractivity contribution < 1.29 is 9.59 Å².